The summed E-state index contributed by atoms with van der Waals surface area (Å²) < 4.78 is 0. The van der Waals surface area contributed by atoms with E-state index >= 15 is 0 Å². The lowest BCUT2D eigenvalue weighted by atomic mass is 10.1. The molecule has 0 aliphatic carbocycles. The van der Waals surface area contributed by atoms with Crippen molar-refractivity contribution >= 4 is 0 Å². The molecule has 0 aliphatic rings. The Morgan fingerprint density at radius 2 is 2.00 bits per heavy atom. The highest BCUT2D eigenvalue weighted by molar-refractivity contribution is 5.26. The van der Waals surface area contributed by atoms with Gasteiger partial charge in [0.25, 0.3) is 0 Å². The van der Waals surface area contributed by atoms with Gasteiger partial charge in [-0.1, -0.05) is 18.1 Å². The number of benzene rings is 1. The van der Waals surface area contributed by atoms with Crippen molar-refractivity contribution in [1.82, 2.24) is 5.32 Å². The summed E-state index contributed by atoms with van der Waals surface area (Å²) in [6.07, 6.45) is 0.950. The van der Waals surface area contributed by atoms with Crippen LogP contribution in [0.15, 0.2) is 24.3 Å². The van der Waals surface area contributed by atoms with Gasteiger partial charge in [-0.05, 0) is 38.0 Å². The monoisotopic (exact) mass is 203 g/mol. The second kappa shape index (κ2) is 6.10. The van der Waals surface area contributed by atoms with Crippen LogP contribution in [0, 0.1) is 11.8 Å². The molecule has 1 atom stereocenters. The van der Waals surface area contributed by atoms with Gasteiger partial charge < -0.3 is 10.4 Å². The number of hydrogen-bond donors (Lipinski definition) is 2. The molecule has 0 aliphatic heterocycles. The van der Waals surface area contributed by atoms with Gasteiger partial charge in [0.1, 0.15) is 5.75 Å². The van der Waals surface area contributed by atoms with E-state index in [4.69, 9.17) is 5.11 Å². The zero-order chi connectivity index (χ0) is 11.1. The molecule has 1 rings (SSSR count). The van der Waals surface area contributed by atoms with E-state index in [1.165, 1.54) is 5.56 Å². The Kier molecular flexibility index (Phi) is 4.73. The third-order valence-corrected chi connectivity index (χ3v) is 2.19. The predicted molar refractivity (Wildman–Crippen MR) is 62.7 cm³/mol. The summed E-state index contributed by atoms with van der Waals surface area (Å²) in [6.45, 7) is 4.70. The van der Waals surface area contributed by atoms with Gasteiger partial charge in [-0.2, -0.15) is 0 Å². The summed E-state index contributed by atoms with van der Waals surface area (Å²) in [4.78, 5) is 0. The topological polar surface area (TPSA) is 32.3 Å². The highest BCUT2D eigenvalue weighted by Gasteiger charge is 2.01. The molecule has 0 aromatic heterocycles. The summed E-state index contributed by atoms with van der Waals surface area (Å²) in [5, 5.41) is 12.4. The van der Waals surface area contributed by atoms with Crippen molar-refractivity contribution in [2.45, 2.75) is 26.3 Å². The summed E-state index contributed by atoms with van der Waals surface area (Å²) >= 11 is 0. The molecule has 1 unspecified atom stereocenters. The third kappa shape index (κ3) is 4.53. The normalized spacial score (nSPS) is 11.6. The molecule has 1 aromatic carbocycles. The molecule has 2 N–H and O–H groups in total. The molecule has 0 radical (unpaired) electrons. The first-order chi connectivity index (χ1) is 7.22. The highest BCUT2D eigenvalue weighted by atomic mass is 16.3. The van der Waals surface area contributed by atoms with E-state index in [-0.39, 0.29) is 0 Å². The number of hydrogen-bond acceptors (Lipinski definition) is 2. The lowest BCUT2D eigenvalue weighted by Crippen LogP contribution is -2.28. The van der Waals surface area contributed by atoms with E-state index in [1.807, 2.05) is 19.1 Å². The molecule has 0 amide bonds. The van der Waals surface area contributed by atoms with E-state index in [1.54, 1.807) is 12.1 Å². The van der Waals surface area contributed by atoms with Gasteiger partial charge in [0.15, 0.2) is 0 Å². The molecular weight excluding hydrogens is 186 g/mol. The van der Waals surface area contributed by atoms with Crippen LogP contribution in [-0.4, -0.2) is 17.7 Å². The Hall–Kier alpha value is -1.46. The number of nitrogens with one attached hydrogen (secondary N) is 1. The van der Waals surface area contributed by atoms with Crippen LogP contribution in [0.4, 0.5) is 0 Å². The van der Waals surface area contributed by atoms with E-state index in [0.29, 0.717) is 11.8 Å². The van der Waals surface area contributed by atoms with Gasteiger partial charge in [-0.15, -0.1) is 5.92 Å². The van der Waals surface area contributed by atoms with E-state index in [9.17, 15) is 0 Å². The maximum atomic E-state index is 9.13. The van der Waals surface area contributed by atoms with Crippen molar-refractivity contribution in [3.63, 3.8) is 0 Å². The molecule has 1 aromatic rings. The molecule has 2 nitrogen and oxygen atoms in total. The van der Waals surface area contributed by atoms with Crippen LogP contribution >= 0.6 is 0 Å². The van der Waals surface area contributed by atoms with Gasteiger partial charge in [-0.3, -0.25) is 0 Å². The molecule has 0 fully saturated rings. The SMILES string of the molecule is CC#CCNC(C)Cc1ccc(O)cc1. The average molecular weight is 203 g/mol. The lowest BCUT2D eigenvalue weighted by Gasteiger charge is -2.11. The summed E-state index contributed by atoms with van der Waals surface area (Å²) in [5.74, 6) is 6.14. The minimum atomic E-state index is 0.316. The zero-order valence-corrected chi connectivity index (χ0v) is 9.25. The second-order valence-electron chi connectivity index (χ2n) is 3.58. The van der Waals surface area contributed by atoms with Crippen molar-refractivity contribution < 1.29 is 5.11 Å². The fourth-order valence-corrected chi connectivity index (χ4v) is 1.37. The fourth-order valence-electron chi connectivity index (χ4n) is 1.37. The van der Waals surface area contributed by atoms with Crippen molar-refractivity contribution in [2.75, 3.05) is 6.54 Å². The van der Waals surface area contributed by atoms with Crippen molar-refractivity contribution in [3.05, 3.63) is 29.8 Å². The Labute approximate surface area is 91.3 Å². The Morgan fingerprint density at radius 3 is 2.60 bits per heavy atom. The van der Waals surface area contributed by atoms with Gasteiger partial charge in [0, 0.05) is 6.04 Å². The molecule has 2 heteroatoms. The first kappa shape index (κ1) is 11.6. The van der Waals surface area contributed by atoms with Crippen LogP contribution in [0.1, 0.15) is 19.4 Å². The van der Waals surface area contributed by atoms with E-state index in [2.05, 4.69) is 24.1 Å². The average Bonchev–Trinajstić information content (AvgIpc) is 2.22. The van der Waals surface area contributed by atoms with Gasteiger partial charge in [0.2, 0.25) is 0 Å². The van der Waals surface area contributed by atoms with Crippen LogP contribution < -0.4 is 5.32 Å². The summed E-state index contributed by atoms with van der Waals surface area (Å²) in [6, 6.07) is 7.72. The Balaban J connectivity index is 2.39. The van der Waals surface area contributed by atoms with Crippen molar-refractivity contribution in [2.24, 2.45) is 0 Å². The minimum absolute atomic E-state index is 0.316. The summed E-state index contributed by atoms with van der Waals surface area (Å²) in [7, 11) is 0. The molecule has 0 saturated carbocycles. The third-order valence-electron chi connectivity index (χ3n) is 2.19. The number of phenolic OH excluding ortho intramolecular Hbond substituents is 1. The molecule has 80 valence electrons. The Bertz CT molecular complexity index is 345. The summed E-state index contributed by atoms with van der Waals surface area (Å²) in [5.41, 5.74) is 1.22. The van der Waals surface area contributed by atoms with Crippen LogP contribution in [0.5, 0.6) is 5.75 Å². The Morgan fingerprint density at radius 1 is 1.33 bits per heavy atom. The van der Waals surface area contributed by atoms with Crippen LogP contribution in [0.25, 0.3) is 0 Å². The lowest BCUT2D eigenvalue weighted by molar-refractivity contribution is 0.475. The largest absolute Gasteiger partial charge is 0.508 e. The zero-order valence-electron chi connectivity index (χ0n) is 9.25. The first-order valence-corrected chi connectivity index (χ1v) is 5.13. The number of aromatic hydroxyl groups is 1. The first-order valence-electron chi connectivity index (χ1n) is 5.13. The smallest absolute Gasteiger partial charge is 0.115 e. The fraction of sp³-hybridized carbons (Fsp3) is 0.385. The van der Waals surface area contributed by atoms with E-state index < -0.39 is 0 Å². The van der Waals surface area contributed by atoms with Gasteiger partial charge in [-0.25, -0.2) is 0 Å². The van der Waals surface area contributed by atoms with Gasteiger partial charge >= 0.3 is 0 Å². The van der Waals surface area contributed by atoms with E-state index in [0.717, 1.165) is 13.0 Å². The molecule has 0 saturated heterocycles. The molecular formula is C13H17NO. The second-order valence-corrected chi connectivity index (χ2v) is 3.58. The van der Waals surface area contributed by atoms with Crippen LogP contribution in [-0.2, 0) is 6.42 Å². The van der Waals surface area contributed by atoms with Gasteiger partial charge in [0.05, 0.1) is 6.54 Å². The standard InChI is InChI=1S/C13H17NO/c1-3-4-9-14-11(2)10-12-5-7-13(15)8-6-12/h5-8,11,14-15H,9-10H2,1-2H3. The van der Waals surface area contributed by atoms with Crippen LogP contribution in [0.2, 0.25) is 0 Å². The predicted octanol–water partition coefficient (Wildman–Crippen LogP) is 1.94. The molecule has 0 bridgehead atoms. The van der Waals surface area contributed by atoms with Crippen molar-refractivity contribution in [3.8, 4) is 17.6 Å². The maximum Gasteiger partial charge on any atom is 0.115 e. The van der Waals surface area contributed by atoms with Crippen LogP contribution in [0.3, 0.4) is 0 Å². The molecule has 0 spiro atoms. The highest BCUT2D eigenvalue weighted by Crippen LogP contribution is 2.10. The number of rotatable bonds is 4. The molecule has 15 heavy (non-hydrogen) atoms. The maximum absolute atomic E-state index is 9.13. The number of phenols is 1. The quantitative estimate of drug-likeness (QED) is 0.733. The van der Waals surface area contributed by atoms with Crippen molar-refractivity contribution in [1.29, 1.82) is 0 Å². The minimum Gasteiger partial charge on any atom is -0.508 e. The molecule has 0 heterocycles.